The van der Waals surface area contributed by atoms with E-state index in [2.05, 4.69) is 24.8 Å². The molecular weight excluding hydrogens is 198 g/mol. The lowest BCUT2D eigenvalue weighted by Crippen LogP contribution is -2.32. The molecule has 86 valence electrons. The fraction of sp³-hybridized carbons (Fsp3) is 0.462. The number of hydrogen-bond acceptors (Lipinski definition) is 3. The molecule has 0 aliphatic carbocycles. The Morgan fingerprint density at radius 2 is 2.12 bits per heavy atom. The Kier molecular flexibility index (Phi) is 4.19. The largest absolute Gasteiger partial charge is 0.397 e. The van der Waals surface area contributed by atoms with Gasteiger partial charge in [-0.25, -0.2) is 0 Å². The molecule has 1 aromatic rings. The molecule has 0 spiro atoms. The maximum atomic E-state index is 8.67. The second-order valence-electron chi connectivity index (χ2n) is 4.21. The predicted molar refractivity (Wildman–Crippen MR) is 68.3 cm³/mol. The van der Waals surface area contributed by atoms with Crippen molar-refractivity contribution in [2.24, 2.45) is 0 Å². The van der Waals surface area contributed by atoms with Gasteiger partial charge in [0.2, 0.25) is 0 Å². The van der Waals surface area contributed by atoms with Crippen LogP contribution in [0.4, 0.5) is 11.4 Å². The summed E-state index contributed by atoms with van der Waals surface area (Å²) < 4.78 is 0. The number of nitrogens with two attached hydrogens (primary N) is 1. The number of anilines is 2. The van der Waals surface area contributed by atoms with E-state index in [-0.39, 0.29) is 0 Å². The van der Waals surface area contributed by atoms with Crippen molar-refractivity contribution >= 4 is 11.4 Å². The number of nitrogens with zero attached hydrogens (tertiary/aromatic N) is 2. The lowest BCUT2D eigenvalue weighted by atomic mass is 10.1. The Labute approximate surface area is 97.5 Å². The van der Waals surface area contributed by atoms with E-state index in [0.717, 1.165) is 23.5 Å². The van der Waals surface area contributed by atoms with Crippen LogP contribution in [0.3, 0.4) is 0 Å². The zero-order chi connectivity index (χ0) is 12.1. The van der Waals surface area contributed by atoms with E-state index in [1.807, 2.05) is 25.1 Å². The van der Waals surface area contributed by atoms with Gasteiger partial charge in [-0.15, -0.1) is 0 Å². The molecule has 0 heterocycles. The minimum atomic E-state index is 0.344. The monoisotopic (exact) mass is 217 g/mol. The summed E-state index contributed by atoms with van der Waals surface area (Å²) >= 11 is 0. The van der Waals surface area contributed by atoms with Crippen LogP contribution >= 0.6 is 0 Å². The maximum Gasteiger partial charge on any atom is 0.0640 e. The van der Waals surface area contributed by atoms with Gasteiger partial charge in [0.05, 0.1) is 23.9 Å². The van der Waals surface area contributed by atoms with E-state index < -0.39 is 0 Å². The highest BCUT2D eigenvalue weighted by molar-refractivity contribution is 5.71. The Hall–Kier alpha value is -1.69. The molecule has 0 atom stereocenters. The van der Waals surface area contributed by atoms with Crippen molar-refractivity contribution in [3.63, 3.8) is 0 Å². The summed E-state index contributed by atoms with van der Waals surface area (Å²) in [6.45, 7) is 7.00. The van der Waals surface area contributed by atoms with Gasteiger partial charge in [-0.1, -0.05) is 12.1 Å². The van der Waals surface area contributed by atoms with Crippen LogP contribution in [-0.4, -0.2) is 12.6 Å². The van der Waals surface area contributed by atoms with Gasteiger partial charge in [0.25, 0.3) is 0 Å². The average Bonchev–Trinajstić information content (AvgIpc) is 2.21. The maximum absolute atomic E-state index is 8.67. The van der Waals surface area contributed by atoms with Crippen LogP contribution in [0, 0.1) is 18.3 Å². The standard InChI is InChI=1S/C13H19N3/c1-10(2)16(9-5-8-14)13-11(3)6-4-7-12(13)15/h4,6-7,10H,5,9,15H2,1-3H3. The third-order valence-electron chi connectivity index (χ3n) is 2.64. The normalized spacial score (nSPS) is 10.2. The summed E-state index contributed by atoms with van der Waals surface area (Å²) in [5.41, 5.74) is 9.01. The van der Waals surface area contributed by atoms with Crippen molar-refractivity contribution in [2.45, 2.75) is 33.2 Å². The second kappa shape index (κ2) is 5.41. The highest BCUT2D eigenvalue weighted by atomic mass is 15.2. The summed E-state index contributed by atoms with van der Waals surface area (Å²) in [5, 5.41) is 8.67. The van der Waals surface area contributed by atoms with E-state index in [9.17, 15) is 0 Å². The van der Waals surface area contributed by atoms with Crippen LogP contribution in [0.2, 0.25) is 0 Å². The summed E-state index contributed by atoms with van der Waals surface area (Å²) in [7, 11) is 0. The topological polar surface area (TPSA) is 53.0 Å². The Morgan fingerprint density at radius 3 is 2.62 bits per heavy atom. The van der Waals surface area contributed by atoms with Gasteiger partial charge in [-0.3, -0.25) is 0 Å². The third-order valence-corrected chi connectivity index (χ3v) is 2.64. The number of hydrogen-bond donors (Lipinski definition) is 1. The van der Waals surface area contributed by atoms with Crippen LogP contribution in [0.5, 0.6) is 0 Å². The first kappa shape index (κ1) is 12.4. The van der Waals surface area contributed by atoms with Gasteiger partial charge in [0.1, 0.15) is 0 Å². The third kappa shape index (κ3) is 2.66. The van der Waals surface area contributed by atoms with E-state index in [0.29, 0.717) is 12.5 Å². The molecule has 0 radical (unpaired) electrons. The van der Waals surface area contributed by atoms with Gasteiger partial charge >= 0.3 is 0 Å². The van der Waals surface area contributed by atoms with Crippen LogP contribution in [0.25, 0.3) is 0 Å². The first-order valence-electron chi connectivity index (χ1n) is 5.56. The van der Waals surface area contributed by atoms with E-state index in [1.165, 1.54) is 0 Å². The van der Waals surface area contributed by atoms with Crippen molar-refractivity contribution in [3.05, 3.63) is 23.8 Å². The molecule has 3 nitrogen and oxygen atoms in total. The molecule has 0 bridgehead atoms. The van der Waals surface area contributed by atoms with Crippen molar-refractivity contribution in [1.82, 2.24) is 0 Å². The summed E-state index contributed by atoms with van der Waals surface area (Å²) in [5.74, 6) is 0. The van der Waals surface area contributed by atoms with Crippen LogP contribution in [0.15, 0.2) is 18.2 Å². The Balaban J connectivity index is 3.06. The number of aryl methyl sites for hydroxylation is 1. The first-order chi connectivity index (χ1) is 7.57. The molecule has 0 saturated carbocycles. The fourth-order valence-corrected chi connectivity index (χ4v) is 1.87. The lowest BCUT2D eigenvalue weighted by Gasteiger charge is -2.30. The number of nitrogen functional groups attached to an aromatic ring is 1. The van der Waals surface area contributed by atoms with Crippen LogP contribution < -0.4 is 10.6 Å². The molecule has 0 aliphatic rings. The van der Waals surface area contributed by atoms with Crippen LogP contribution in [-0.2, 0) is 0 Å². The zero-order valence-corrected chi connectivity index (χ0v) is 10.2. The summed E-state index contributed by atoms with van der Waals surface area (Å²) in [6, 6.07) is 8.43. The van der Waals surface area contributed by atoms with Gasteiger partial charge in [-0.2, -0.15) is 5.26 Å². The van der Waals surface area contributed by atoms with Gasteiger partial charge < -0.3 is 10.6 Å². The number of nitriles is 1. The lowest BCUT2D eigenvalue weighted by molar-refractivity contribution is 0.685. The molecule has 3 heteroatoms. The molecule has 0 amide bonds. The Bertz CT molecular complexity index is 370. The summed E-state index contributed by atoms with van der Waals surface area (Å²) in [4.78, 5) is 2.19. The highest BCUT2D eigenvalue weighted by Crippen LogP contribution is 2.28. The molecule has 16 heavy (non-hydrogen) atoms. The minimum Gasteiger partial charge on any atom is -0.397 e. The fourth-order valence-electron chi connectivity index (χ4n) is 1.87. The molecule has 0 aromatic heterocycles. The SMILES string of the molecule is Cc1cccc(N)c1N(CCC#N)C(C)C. The van der Waals surface area contributed by atoms with Gasteiger partial charge in [0, 0.05) is 12.6 Å². The molecule has 0 unspecified atom stereocenters. The van der Waals surface area contributed by atoms with Crippen molar-refractivity contribution < 1.29 is 0 Å². The minimum absolute atomic E-state index is 0.344. The quantitative estimate of drug-likeness (QED) is 0.789. The predicted octanol–water partition coefficient (Wildman–Crippen LogP) is 2.71. The Morgan fingerprint density at radius 1 is 1.44 bits per heavy atom. The number of para-hydroxylation sites is 1. The van der Waals surface area contributed by atoms with E-state index in [1.54, 1.807) is 0 Å². The molecule has 2 N–H and O–H groups in total. The van der Waals surface area contributed by atoms with Crippen molar-refractivity contribution in [3.8, 4) is 6.07 Å². The van der Waals surface area contributed by atoms with Crippen molar-refractivity contribution in [1.29, 1.82) is 5.26 Å². The number of rotatable bonds is 4. The first-order valence-corrected chi connectivity index (χ1v) is 5.56. The molecule has 0 fully saturated rings. The van der Waals surface area contributed by atoms with Crippen LogP contribution in [0.1, 0.15) is 25.8 Å². The average molecular weight is 217 g/mol. The number of benzene rings is 1. The van der Waals surface area contributed by atoms with E-state index >= 15 is 0 Å². The summed E-state index contributed by atoms with van der Waals surface area (Å²) in [6.07, 6.45) is 0.520. The van der Waals surface area contributed by atoms with Gasteiger partial charge in [-0.05, 0) is 32.4 Å². The molecule has 0 saturated heterocycles. The second-order valence-corrected chi connectivity index (χ2v) is 4.21. The van der Waals surface area contributed by atoms with Crippen molar-refractivity contribution in [2.75, 3.05) is 17.2 Å². The molecule has 1 aromatic carbocycles. The van der Waals surface area contributed by atoms with E-state index in [4.69, 9.17) is 11.0 Å². The molecule has 1 rings (SSSR count). The molecule has 0 aliphatic heterocycles. The molecular formula is C13H19N3. The smallest absolute Gasteiger partial charge is 0.0640 e. The van der Waals surface area contributed by atoms with Gasteiger partial charge in [0.15, 0.2) is 0 Å². The zero-order valence-electron chi connectivity index (χ0n) is 10.2. The highest BCUT2D eigenvalue weighted by Gasteiger charge is 2.14.